The lowest BCUT2D eigenvalue weighted by Crippen LogP contribution is -2.16. The van der Waals surface area contributed by atoms with Crippen molar-refractivity contribution in [3.63, 3.8) is 0 Å². The molecule has 2 aromatic rings. The molecule has 0 bridgehead atoms. The molecule has 2 rings (SSSR count). The Morgan fingerprint density at radius 2 is 1.91 bits per heavy atom. The molecule has 6 nitrogen and oxygen atoms in total. The second-order valence-corrected chi connectivity index (χ2v) is 5.43. The van der Waals surface area contributed by atoms with E-state index >= 15 is 0 Å². The monoisotopic (exact) mass is 363 g/mol. The molecule has 0 saturated carbocycles. The minimum absolute atomic E-state index is 0.0216. The van der Waals surface area contributed by atoms with Crippen molar-refractivity contribution in [1.29, 1.82) is 0 Å². The minimum atomic E-state index is -0.460. The Bertz CT molecular complexity index is 677. The fourth-order valence-electron chi connectivity index (χ4n) is 1.86. The van der Waals surface area contributed by atoms with Crippen LogP contribution in [0.5, 0.6) is 0 Å². The van der Waals surface area contributed by atoms with E-state index in [1.54, 1.807) is 24.3 Å². The van der Waals surface area contributed by atoms with Crippen LogP contribution in [0.15, 0.2) is 53.0 Å². The van der Waals surface area contributed by atoms with Gasteiger partial charge in [0.2, 0.25) is 5.91 Å². The third-order valence-electron chi connectivity index (χ3n) is 2.88. The van der Waals surface area contributed by atoms with Crippen molar-refractivity contribution in [2.45, 2.75) is 6.42 Å². The highest BCUT2D eigenvalue weighted by molar-refractivity contribution is 9.10. The molecule has 7 heteroatoms. The maximum atomic E-state index is 11.8. The SMILES string of the molecule is O=C(CCNc1cc(Br)ccc1[N+](=O)[O-])Nc1ccccc1. The molecule has 0 spiro atoms. The summed E-state index contributed by atoms with van der Waals surface area (Å²) in [7, 11) is 0. The number of nitro groups is 1. The number of nitrogens with zero attached hydrogens (tertiary/aromatic N) is 1. The van der Waals surface area contributed by atoms with Crippen LogP contribution >= 0.6 is 15.9 Å². The molecule has 114 valence electrons. The van der Waals surface area contributed by atoms with E-state index in [1.807, 2.05) is 18.2 Å². The second-order valence-electron chi connectivity index (χ2n) is 4.51. The van der Waals surface area contributed by atoms with Crippen LogP contribution < -0.4 is 10.6 Å². The first kappa shape index (κ1) is 16.0. The van der Waals surface area contributed by atoms with Gasteiger partial charge in [0.1, 0.15) is 5.69 Å². The number of benzene rings is 2. The number of para-hydroxylation sites is 1. The Morgan fingerprint density at radius 3 is 2.59 bits per heavy atom. The number of nitro benzene ring substituents is 1. The number of rotatable bonds is 6. The van der Waals surface area contributed by atoms with Crippen LogP contribution in [0.1, 0.15) is 6.42 Å². The Kier molecular flexibility index (Phi) is 5.48. The predicted molar refractivity (Wildman–Crippen MR) is 89.0 cm³/mol. The van der Waals surface area contributed by atoms with Gasteiger partial charge in [-0.3, -0.25) is 14.9 Å². The molecule has 0 heterocycles. The zero-order valence-electron chi connectivity index (χ0n) is 11.6. The summed E-state index contributed by atoms with van der Waals surface area (Å²) in [5.74, 6) is -0.156. The fraction of sp³-hybridized carbons (Fsp3) is 0.133. The Morgan fingerprint density at radius 1 is 1.18 bits per heavy atom. The van der Waals surface area contributed by atoms with Crippen LogP contribution in [0.3, 0.4) is 0 Å². The minimum Gasteiger partial charge on any atom is -0.379 e. The number of nitrogens with one attached hydrogen (secondary N) is 2. The van der Waals surface area contributed by atoms with Crippen molar-refractivity contribution in [2.24, 2.45) is 0 Å². The summed E-state index contributed by atoms with van der Waals surface area (Å²) in [4.78, 5) is 22.3. The molecule has 0 aromatic heterocycles. The second kappa shape index (κ2) is 7.56. The van der Waals surface area contributed by atoms with Gasteiger partial charge >= 0.3 is 0 Å². The Labute approximate surface area is 135 Å². The first-order valence-corrected chi connectivity index (χ1v) is 7.38. The lowest BCUT2D eigenvalue weighted by Gasteiger charge is -2.08. The first-order valence-electron chi connectivity index (χ1n) is 6.59. The van der Waals surface area contributed by atoms with Gasteiger partial charge in [0.25, 0.3) is 5.69 Å². The molecule has 0 atom stereocenters. The summed E-state index contributed by atoms with van der Waals surface area (Å²) in [6.07, 6.45) is 0.207. The van der Waals surface area contributed by atoms with Gasteiger partial charge in [0, 0.05) is 29.2 Å². The summed E-state index contributed by atoms with van der Waals surface area (Å²) in [5.41, 5.74) is 1.08. The molecule has 0 saturated heterocycles. The van der Waals surface area contributed by atoms with E-state index in [9.17, 15) is 14.9 Å². The summed E-state index contributed by atoms with van der Waals surface area (Å²) < 4.78 is 0.731. The molecule has 22 heavy (non-hydrogen) atoms. The van der Waals surface area contributed by atoms with Crippen LogP contribution in [0.4, 0.5) is 17.1 Å². The average Bonchev–Trinajstić information content (AvgIpc) is 2.48. The standard InChI is InChI=1S/C15H14BrN3O3/c16-11-6-7-14(19(21)22)13(10-11)17-9-8-15(20)18-12-4-2-1-3-5-12/h1-7,10,17H,8-9H2,(H,18,20). The van der Waals surface area contributed by atoms with E-state index in [0.717, 1.165) is 10.2 Å². The lowest BCUT2D eigenvalue weighted by atomic mass is 10.2. The molecule has 0 aliphatic carbocycles. The van der Waals surface area contributed by atoms with Crippen molar-refractivity contribution in [1.82, 2.24) is 0 Å². The maximum Gasteiger partial charge on any atom is 0.292 e. The normalized spacial score (nSPS) is 10.0. The summed E-state index contributed by atoms with van der Waals surface area (Å²) in [5, 5.41) is 16.6. The van der Waals surface area contributed by atoms with Crippen molar-refractivity contribution in [3.8, 4) is 0 Å². The first-order chi connectivity index (χ1) is 10.6. The van der Waals surface area contributed by atoms with Crippen molar-refractivity contribution in [2.75, 3.05) is 17.2 Å². The molecular weight excluding hydrogens is 350 g/mol. The molecule has 0 unspecified atom stereocenters. The molecular formula is C15H14BrN3O3. The number of amides is 1. The highest BCUT2D eigenvalue weighted by Gasteiger charge is 2.13. The topological polar surface area (TPSA) is 84.3 Å². The number of hydrogen-bond acceptors (Lipinski definition) is 4. The fourth-order valence-corrected chi connectivity index (χ4v) is 2.23. The van der Waals surface area contributed by atoms with Crippen molar-refractivity contribution in [3.05, 3.63) is 63.1 Å². The van der Waals surface area contributed by atoms with Crippen LogP contribution in [-0.4, -0.2) is 17.4 Å². The zero-order valence-corrected chi connectivity index (χ0v) is 13.2. The van der Waals surface area contributed by atoms with Crippen LogP contribution in [0.2, 0.25) is 0 Å². The predicted octanol–water partition coefficient (Wildman–Crippen LogP) is 3.80. The highest BCUT2D eigenvalue weighted by atomic mass is 79.9. The van der Waals surface area contributed by atoms with Gasteiger partial charge in [-0.15, -0.1) is 0 Å². The molecule has 0 radical (unpaired) electrons. The molecule has 0 aliphatic heterocycles. The van der Waals surface area contributed by atoms with E-state index < -0.39 is 4.92 Å². The molecule has 1 amide bonds. The van der Waals surface area contributed by atoms with E-state index in [2.05, 4.69) is 26.6 Å². The molecule has 2 N–H and O–H groups in total. The van der Waals surface area contributed by atoms with Gasteiger partial charge < -0.3 is 10.6 Å². The van der Waals surface area contributed by atoms with E-state index in [4.69, 9.17) is 0 Å². The largest absolute Gasteiger partial charge is 0.379 e. The number of carbonyl (C=O) groups is 1. The van der Waals surface area contributed by atoms with Gasteiger partial charge in [-0.2, -0.15) is 0 Å². The molecule has 0 fully saturated rings. The zero-order chi connectivity index (χ0) is 15.9. The van der Waals surface area contributed by atoms with E-state index in [1.165, 1.54) is 6.07 Å². The van der Waals surface area contributed by atoms with Gasteiger partial charge in [-0.05, 0) is 24.3 Å². The van der Waals surface area contributed by atoms with Crippen molar-refractivity contribution < 1.29 is 9.72 Å². The Hall–Kier alpha value is -2.41. The van der Waals surface area contributed by atoms with Crippen LogP contribution in [0, 0.1) is 10.1 Å². The molecule has 0 aliphatic rings. The van der Waals surface area contributed by atoms with Gasteiger partial charge in [0.15, 0.2) is 0 Å². The molecule has 2 aromatic carbocycles. The number of anilines is 2. The van der Waals surface area contributed by atoms with Crippen molar-refractivity contribution >= 4 is 38.9 Å². The van der Waals surface area contributed by atoms with E-state index in [0.29, 0.717) is 12.2 Å². The smallest absolute Gasteiger partial charge is 0.292 e. The van der Waals surface area contributed by atoms with E-state index in [-0.39, 0.29) is 18.0 Å². The summed E-state index contributed by atoms with van der Waals surface area (Å²) in [6.45, 7) is 0.302. The summed E-state index contributed by atoms with van der Waals surface area (Å²) >= 11 is 3.27. The Balaban J connectivity index is 1.90. The van der Waals surface area contributed by atoms with Gasteiger partial charge in [0.05, 0.1) is 4.92 Å². The maximum absolute atomic E-state index is 11.8. The van der Waals surface area contributed by atoms with Crippen LogP contribution in [-0.2, 0) is 4.79 Å². The third-order valence-corrected chi connectivity index (χ3v) is 3.37. The lowest BCUT2D eigenvalue weighted by molar-refractivity contribution is -0.384. The quantitative estimate of drug-likeness (QED) is 0.603. The average molecular weight is 364 g/mol. The van der Waals surface area contributed by atoms with Gasteiger partial charge in [-0.1, -0.05) is 34.1 Å². The number of halogens is 1. The van der Waals surface area contributed by atoms with Crippen LogP contribution in [0.25, 0.3) is 0 Å². The number of carbonyl (C=O) groups excluding carboxylic acids is 1. The highest BCUT2D eigenvalue weighted by Crippen LogP contribution is 2.27. The third kappa shape index (κ3) is 4.56. The number of hydrogen-bond donors (Lipinski definition) is 2. The van der Waals surface area contributed by atoms with Gasteiger partial charge in [-0.25, -0.2) is 0 Å². The summed E-state index contributed by atoms with van der Waals surface area (Å²) in [6, 6.07) is 13.8.